The van der Waals surface area contributed by atoms with Gasteiger partial charge in [-0.15, -0.1) is 0 Å². The van der Waals surface area contributed by atoms with Crippen LogP contribution >= 0.6 is 11.8 Å². The summed E-state index contributed by atoms with van der Waals surface area (Å²) in [5.74, 6) is -1.85. The van der Waals surface area contributed by atoms with Crippen LogP contribution < -0.4 is 10.7 Å². The van der Waals surface area contributed by atoms with Crippen LogP contribution in [0.3, 0.4) is 0 Å². The second-order valence-electron chi connectivity index (χ2n) is 7.66. The number of ether oxygens (including phenoxy) is 1. The van der Waals surface area contributed by atoms with E-state index >= 15 is 0 Å². The molecule has 10 heteroatoms. The lowest BCUT2D eigenvalue weighted by Crippen LogP contribution is -2.47. The average molecular weight is 470 g/mol. The number of aliphatic carboxylic acids is 1. The molecule has 0 aromatic heterocycles. The van der Waals surface area contributed by atoms with Gasteiger partial charge in [0.15, 0.2) is 6.04 Å². The van der Waals surface area contributed by atoms with Crippen LogP contribution in [-0.4, -0.2) is 64.7 Å². The van der Waals surface area contributed by atoms with E-state index in [0.29, 0.717) is 5.75 Å². The molecule has 1 unspecified atom stereocenters. The van der Waals surface area contributed by atoms with E-state index in [0.717, 1.165) is 27.3 Å². The second-order valence-corrected chi connectivity index (χ2v) is 8.77. The molecule has 4 rings (SSSR count). The Bertz CT molecular complexity index is 1050. The van der Waals surface area contributed by atoms with Crippen LogP contribution in [0.15, 0.2) is 48.5 Å². The van der Waals surface area contributed by atoms with Gasteiger partial charge >= 0.3 is 12.1 Å². The van der Waals surface area contributed by atoms with Crippen LogP contribution in [0.1, 0.15) is 23.5 Å². The number of hydrogen-bond acceptors (Lipinski definition) is 6. The molecule has 1 fully saturated rings. The number of alkyl carbamates (subject to hydrolysis) is 1. The van der Waals surface area contributed by atoms with Gasteiger partial charge in [0, 0.05) is 18.2 Å². The number of thioether (sulfide) groups is 1. The molecule has 1 heterocycles. The van der Waals surface area contributed by atoms with Crippen molar-refractivity contribution in [2.75, 3.05) is 24.7 Å². The fourth-order valence-corrected chi connectivity index (χ4v) is 4.77. The Hall–Kier alpha value is -3.53. The number of fused-ring (bicyclic) bond motifs is 3. The Morgan fingerprint density at radius 1 is 1.09 bits per heavy atom. The van der Waals surface area contributed by atoms with Crippen molar-refractivity contribution in [2.24, 2.45) is 0 Å². The van der Waals surface area contributed by atoms with E-state index < -0.39 is 29.9 Å². The Balaban J connectivity index is 1.19. The van der Waals surface area contributed by atoms with Gasteiger partial charge < -0.3 is 15.2 Å². The fourth-order valence-electron chi connectivity index (χ4n) is 4.06. The highest BCUT2D eigenvalue weighted by molar-refractivity contribution is 7.99. The van der Waals surface area contributed by atoms with Crippen LogP contribution in [0, 0.1) is 0 Å². The van der Waals surface area contributed by atoms with Crippen molar-refractivity contribution in [1.82, 2.24) is 15.8 Å². The third kappa shape index (κ3) is 4.95. The standard InChI is InChI=1S/C23H23N3O6S/c27-20-11-19(22(29)30)26(25-20)21(28)13-33-10-9-24-23(31)32-12-18-16-7-3-1-5-14(16)15-6-2-4-8-17(15)18/h1-8,18-19H,9-13H2,(H,24,31)(H,25,27)(H,29,30). The number of nitrogens with zero attached hydrogens (tertiary/aromatic N) is 1. The first-order chi connectivity index (χ1) is 16.0. The quantitative estimate of drug-likeness (QED) is 0.505. The summed E-state index contributed by atoms with van der Waals surface area (Å²) in [5, 5.41) is 12.6. The summed E-state index contributed by atoms with van der Waals surface area (Å²) < 4.78 is 5.45. The molecule has 3 amide bonds. The molecule has 2 aliphatic rings. The monoisotopic (exact) mass is 469 g/mol. The van der Waals surface area contributed by atoms with Crippen molar-refractivity contribution < 1.29 is 29.0 Å². The molecule has 0 bridgehead atoms. The highest BCUT2D eigenvalue weighted by Gasteiger charge is 2.38. The van der Waals surface area contributed by atoms with Crippen molar-refractivity contribution in [3.05, 3.63) is 59.7 Å². The summed E-state index contributed by atoms with van der Waals surface area (Å²) in [4.78, 5) is 46.9. The number of carboxylic acids is 1. The number of rotatable bonds is 8. The number of benzene rings is 2. The van der Waals surface area contributed by atoms with Gasteiger partial charge in [0.2, 0.25) is 5.91 Å². The topological polar surface area (TPSA) is 125 Å². The predicted octanol–water partition coefficient (Wildman–Crippen LogP) is 1.97. The van der Waals surface area contributed by atoms with Gasteiger partial charge in [-0.05, 0) is 22.3 Å². The molecule has 0 radical (unpaired) electrons. The molecule has 1 aliphatic carbocycles. The minimum atomic E-state index is -1.23. The summed E-state index contributed by atoms with van der Waals surface area (Å²) in [7, 11) is 0. The highest BCUT2D eigenvalue weighted by Crippen LogP contribution is 2.44. The van der Waals surface area contributed by atoms with Crippen LogP contribution in [-0.2, 0) is 19.1 Å². The molecule has 172 valence electrons. The van der Waals surface area contributed by atoms with E-state index in [1.807, 2.05) is 36.4 Å². The van der Waals surface area contributed by atoms with Crippen LogP contribution in [0.2, 0.25) is 0 Å². The largest absolute Gasteiger partial charge is 0.480 e. The molecule has 0 saturated carbocycles. The number of carbonyl (C=O) groups is 4. The number of carboxylic acid groups (broad SMARTS) is 1. The van der Waals surface area contributed by atoms with Gasteiger partial charge in [-0.3, -0.25) is 15.0 Å². The summed E-state index contributed by atoms with van der Waals surface area (Å²) in [5.41, 5.74) is 6.84. The molecule has 1 atom stereocenters. The van der Waals surface area contributed by atoms with Gasteiger partial charge in [-0.25, -0.2) is 14.6 Å². The molecule has 33 heavy (non-hydrogen) atoms. The first-order valence-corrected chi connectivity index (χ1v) is 11.6. The first-order valence-electron chi connectivity index (χ1n) is 10.5. The molecular formula is C23H23N3O6S. The highest BCUT2D eigenvalue weighted by atomic mass is 32.2. The van der Waals surface area contributed by atoms with E-state index in [1.54, 1.807) is 0 Å². The number of hydrogen-bond donors (Lipinski definition) is 3. The summed E-state index contributed by atoms with van der Waals surface area (Å²) >= 11 is 1.22. The van der Waals surface area contributed by atoms with Crippen molar-refractivity contribution in [2.45, 2.75) is 18.4 Å². The number of nitrogens with one attached hydrogen (secondary N) is 2. The van der Waals surface area contributed by atoms with Crippen molar-refractivity contribution in [3.8, 4) is 11.1 Å². The lowest BCUT2D eigenvalue weighted by Gasteiger charge is -2.20. The Labute approximate surface area is 194 Å². The fraction of sp³-hybridized carbons (Fsp3) is 0.304. The minimum Gasteiger partial charge on any atom is -0.480 e. The van der Waals surface area contributed by atoms with Crippen molar-refractivity contribution >= 4 is 35.6 Å². The Kier molecular flexibility index (Phi) is 6.83. The molecule has 2 aromatic rings. The van der Waals surface area contributed by atoms with Crippen LogP contribution in [0.4, 0.5) is 4.79 Å². The van der Waals surface area contributed by atoms with Gasteiger partial charge in [-0.1, -0.05) is 48.5 Å². The maximum Gasteiger partial charge on any atom is 0.407 e. The van der Waals surface area contributed by atoms with Gasteiger partial charge in [0.05, 0.1) is 12.2 Å². The molecular weight excluding hydrogens is 446 g/mol. The lowest BCUT2D eigenvalue weighted by atomic mass is 9.98. The predicted molar refractivity (Wildman–Crippen MR) is 121 cm³/mol. The third-order valence-electron chi connectivity index (χ3n) is 5.57. The number of carbonyl (C=O) groups excluding carboxylic acids is 3. The Morgan fingerprint density at radius 3 is 2.36 bits per heavy atom. The Morgan fingerprint density at radius 2 is 1.73 bits per heavy atom. The van der Waals surface area contributed by atoms with Gasteiger partial charge in [0.25, 0.3) is 5.91 Å². The number of hydrazine groups is 1. The molecule has 9 nitrogen and oxygen atoms in total. The third-order valence-corrected chi connectivity index (χ3v) is 6.52. The van der Waals surface area contributed by atoms with E-state index in [2.05, 4.69) is 22.9 Å². The minimum absolute atomic E-state index is 0.0174. The zero-order chi connectivity index (χ0) is 23.4. The van der Waals surface area contributed by atoms with Crippen molar-refractivity contribution in [3.63, 3.8) is 0 Å². The maximum atomic E-state index is 12.2. The summed E-state index contributed by atoms with van der Waals surface area (Å²) in [6.45, 7) is 0.500. The van der Waals surface area contributed by atoms with Crippen LogP contribution in [0.5, 0.6) is 0 Å². The van der Waals surface area contributed by atoms with Gasteiger partial charge in [0.1, 0.15) is 6.61 Å². The lowest BCUT2D eigenvalue weighted by molar-refractivity contribution is -0.149. The molecule has 0 spiro atoms. The zero-order valence-corrected chi connectivity index (χ0v) is 18.5. The number of amides is 3. The van der Waals surface area contributed by atoms with Crippen LogP contribution in [0.25, 0.3) is 11.1 Å². The van der Waals surface area contributed by atoms with E-state index in [1.165, 1.54) is 11.8 Å². The molecule has 3 N–H and O–H groups in total. The van der Waals surface area contributed by atoms with E-state index in [9.17, 15) is 19.2 Å². The van der Waals surface area contributed by atoms with E-state index in [4.69, 9.17) is 9.84 Å². The average Bonchev–Trinajstić information content (AvgIpc) is 3.36. The normalized spacial score (nSPS) is 16.7. The maximum absolute atomic E-state index is 12.2. The smallest absolute Gasteiger partial charge is 0.407 e. The summed E-state index contributed by atoms with van der Waals surface area (Å²) in [6, 6.07) is 15.0. The molecule has 2 aromatic carbocycles. The van der Waals surface area contributed by atoms with Crippen molar-refractivity contribution in [1.29, 1.82) is 0 Å². The second kappa shape index (κ2) is 9.95. The SMILES string of the molecule is O=C1CC(C(=O)O)N(C(=O)CSCCNC(=O)OCC2c3ccccc3-c3ccccc32)N1. The van der Waals surface area contributed by atoms with Gasteiger partial charge in [-0.2, -0.15) is 11.8 Å². The molecule has 1 aliphatic heterocycles. The first kappa shape index (κ1) is 22.7. The summed E-state index contributed by atoms with van der Waals surface area (Å²) in [6.07, 6.45) is -0.795. The zero-order valence-electron chi connectivity index (χ0n) is 17.7. The molecule has 1 saturated heterocycles. The van der Waals surface area contributed by atoms with E-state index in [-0.39, 0.29) is 31.2 Å².